The van der Waals surface area contributed by atoms with E-state index in [-0.39, 0.29) is 11.8 Å². The summed E-state index contributed by atoms with van der Waals surface area (Å²) >= 11 is 0. The molecule has 0 saturated carbocycles. The molecule has 0 aromatic heterocycles. The first-order chi connectivity index (χ1) is 11.0. The predicted molar refractivity (Wildman–Crippen MR) is 93.4 cm³/mol. The number of nitrogens with zero attached hydrogens (tertiary/aromatic N) is 2. The van der Waals surface area contributed by atoms with Crippen LogP contribution in [0.2, 0.25) is 0 Å². The normalized spacial score (nSPS) is 10.8. The van der Waals surface area contributed by atoms with Gasteiger partial charge in [-0.15, -0.1) is 0 Å². The number of nitrogens with one attached hydrogen (secondary N) is 1. The molecule has 1 N–H and O–H groups in total. The Hall–Kier alpha value is -2.40. The molecule has 2 aromatic carbocycles. The standard InChI is InChI=1S/C18H23N3O2/c1-20(2)18(23)13-21(3)12-11-17(22)19-16-10-6-8-14-7-4-5-9-15(14)16/h4-10H,11-13H2,1-3H3,(H,19,22). The molecule has 0 unspecified atom stereocenters. The van der Waals surface area contributed by atoms with E-state index in [2.05, 4.69) is 5.32 Å². The van der Waals surface area contributed by atoms with Crippen molar-refractivity contribution in [2.45, 2.75) is 6.42 Å². The third kappa shape index (κ3) is 4.79. The summed E-state index contributed by atoms with van der Waals surface area (Å²) in [6, 6.07) is 13.8. The third-order valence-electron chi connectivity index (χ3n) is 3.69. The van der Waals surface area contributed by atoms with E-state index in [0.717, 1.165) is 16.5 Å². The number of fused-ring (bicyclic) bond motifs is 1. The minimum Gasteiger partial charge on any atom is -0.348 e. The van der Waals surface area contributed by atoms with Gasteiger partial charge in [-0.3, -0.25) is 14.5 Å². The SMILES string of the molecule is CN(CCC(=O)Nc1cccc2ccccc12)CC(=O)N(C)C. The minimum absolute atomic E-state index is 0.0296. The Morgan fingerprint density at radius 1 is 1.00 bits per heavy atom. The lowest BCUT2D eigenvalue weighted by Gasteiger charge is -2.18. The molecule has 5 nitrogen and oxygen atoms in total. The lowest BCUT2D eigenvalue weighted by atomic mass is 10.1. The smallest absolute Gasteiger partial charge is 0.236 e. The molecule has 2 aromatic rings. The molecule has 0 aliphatic rings. The summed E-state index contributed by atoms with van der Waals surface area (Å²) in [5.41, 5.74) is 0.820. The second kappa shape index (κ2) is 7.74. The summed E-state index contributed by atoms with van der Waals surface area (Å²) < 4.78 is 0. The zero-order chi connectivity index (χ0) is 16.8. The Labute approximate surface area is 136 Å². The van der Waals surface area contributed by atoms with E-state index in [1.165, 1.54) is 0 Å². The molecule has 0 bridgehead atoms. The van der Waals surface area contributed by atoms with E-state index in [0.29, 0.717) is 19.5 Å². The number of carbonyl (C=O) groups is 2. The molecule has 2 rings (SSSR count). The molecule has 23 heavy (non-hydrogen) atoms. The van der Waals surface area contributed by atoms with Gasteiger partial charge in [0.2, 0.25) is 11.8 Å². The largest absolute Gasteiger partial charge is 0.348 e. The van der Waals surface area contributed by atoms with Crippen molar-refractivity contribution in [1.82, 2.24) is 9.80 Å². The first kappa shape index (κ1) is 17.0. The molecule has 122 valence electrons. The maximum atomic E-state index is 12.1. The van der Waals surface area contributed by atoms with Crippen molar-refractivity contribution in [1.29, 1.82) is 0 Å². The number of rotatable bonds is 6. The average Bonchev–Trinajstić information content (AvgIpc) is 2.53. The number of hydrogen-bond donors (Lipinski definition) is 1. The van der Waals surface area contributed by atoms with Gasteiger partial charge in [0.25, 0.3) is 0 Å². The van der Waals surface area contributed by atoms with Crippen LogP contribution in [0.1, 0.15) is 6.42 Å². The van der Waals surface area contributed by atoms with Gasteiger partial charge in [-0.05, 0) is 18.5 Å². The summed E-state index contributed by atoms with van der Waals surface area (Å²) in [7, 11) is 5.29. The number of anilines is 1. The van der Waals surface area contributed by atoms with Crippen LogP contribution in [-0.2, 0) is 9.59 Å². The molecule has 0 aliphatic heterocycles. The second-order valence-electron chi connectivity index (χ2n) is 5.85. The van der Waals surface area contributed by atoms with Crippen LogP contribution in [0.5, 0.6) is 0 Å². The van der Waals surface area contributed by atoms with Crippen molar-refractivity contribution in [2.75, 3.05) is 39.5 Å². The van der Waals surface area contributed by atoms with Crippen molar-refractivity contribution >= 4 is 28.3 Å². The Morgan fingerprint density at radius 3 is 2.43 bits per heavy atom. The summed E-state index contributed by atoms with van der Waals surface area (Å²) in [4.78, 5) is 27.2. The fourth-order valence-electron chi connectivity index (χ4n) is 2.29. The quantitative estimate of drug-likeness (QED) is 0.889. The van der Waals surface area contributed by atoms with Crippen LogP contribution in [0.4, 0.5) is 5.69 Å². The van der Waals surface area contributed by atoms with Gasteiger partial charge in [0.05, 0.1) is 6.54 Å². The lowest BCUT2D eigenvalue weighted by Crippen LogP contribution is -2.35. The van der Waals surface area contributed by atoms with Crippen LogP contribution < -0.4 is 5.32 Å². The molecule has 0 fully saturated rings. The number of likely N-dealkylation sites (N-methyl/N-ethyl adjacent to an activating group) is 2. The zero-order valence-electron chi connectivity index (χ0n) is 13.9. The molecule has 0 spiro atoms. The Bertz CT molecular complexity index is 692. The fraction of sp³-hybridized carbons (Fsp3) is 0.333. The fourth-order valence-corrected chi connectivity index (χ4v) is 2.29. The van der Waals surface area contributed by atoms with E-state index >= 15 is 0 Å². The zero-order valence-corrected chi connectivity index (χ0v) is 13.9. The molecular formula is C18H23N3O2. The van der Waals surface area contributed by atoms with Gasteiger partial charge < -0.3 is 10.2 Å². The molecule has 0 aliphatic carbocycles. The van der Waals surface area contributed by atoms with Gasteiger partial charge in [-0.1, -0.05) is 36.4 Å². The van der Waals surface area contributed by atoms with Gasteiger partial charge in [0.1, 0.15) is 0 Å². The average molecular weight is 313 g/mol. The van der Waals surface area contributed by atoms with E-state index in [9.17, 15) is 9.59 Å². The van der Waals surface area contributed by atoms with Crippen LogP contribution >= 0.6 is 0 Å². The number of carbonyl (C=O) groups excluding carboxylic acids is 2. The molecule has 0 saturated heterocycles. The van der Waals surface area contributed by atoms with Crippen molar-refractivity contribution in [3.8, 4) is 0 Å². The summed E-state index contributed by atoms with van der Waals surface area (Å²) in [5, 5.41) is 5.08. The van der Waals surface area contributed by atoms with Gasteiger partial charge in [0, 0.05) is 38.1 Å². The molecule has 0 heterocycles. The van der Waals surface area contributed by atoms with E-state index in [1.807, 2.05) is 54.4 Å². The third-order valence-corrected chi connectivity index (χ3v) is 3.69. The maximum Gasteiger partial charge on any atom is 0.236 e. The molecule has 2 amide bonds. The lowest BCUT2D eigenvalue weighted by molar-refractivity contribution is -0.130. The number of benzene rings is 2. The minimum atomic E-state index is -0.0505. The Morgan fingerprint density at radius 2 is 1.70 bits per heavy atom. The molecule has 0 atom stereocenters. The highest BCUT2D eigenvalue weighted by Gasteiger charge is 2.11. The first-order valence-electron chi connectivity index (χ1n) is 7.63. The number of hydrogen-bond acceptors (Lipinski definition) is 3. The highest BCUT2D eigenvalue weighted by atomic mass is 16.2. The van der Waals surface area contributed by atoms with E-state index < -0.39 is 0 Å². The van der Waals surface area contributed by atoms with Crippen LogP contribution in [0.15, 0.2) is 42.5 Å². The van der Waals surface area contributed by atoms with Crippen LogP contribution in [-0.4, -0.2) is 55.8 Å². The second-order valence-corrected chi connectivity index (χ2v) is 5.85. The van der Waals surface area contributed by atoms with Gasteiger partial charge >= 0.3 is 0 Å². The van der Waals surface area contributed by atoms with Crippen molar-refractivity contribution in [3.05, 3.63) is 42.5 Å². The molecular weight excluding hydrogens is 290 g/mol. The van der Waals surface area contributed by atoms with Crippen LogP contribution in [0.3, 0.4) is 0 Å². The van der Waals surface area contributed by atoms with Crippen LogP contribution in [0.25, 0.3) is 10.8 Å². The molecule has 5 heteroatoms. The van der Waals surface area contributed by atoms with E-state index in [4.69, 9.17) is 0 Å². The summed E-state index contributed by atoms with van der Waals surface area (Å²) in [6.45, 7) is 0.852. The van der Waals surface area contributed by atoms with Gasteiger partial charge in [0.15, 0.2) is 0 Å². The summed E-state index contributed by atoms with van der Waals surface area (Å²) in [6.07, 6.45) is 0.348. The Balaban J connectivity index is 1.90. The summed E-state index contributed by atoms with van der Waals surface area (Å²) in [5.74, 6) is -0.0209. The van der Waals surface area contributed by atoms with E-state index in [1.54, 1.807) is 19.0 Å². The van der Waals surface area contributed by atoms with Gasteiger partial charge in [-0.25, -0.2) is 0 Å². The monoisotopic (exact) mass is 313 g/mol. The van der Waals surface area contributed by atoms with Gasteiger partial charge in [-0.2, -0.15) is 0 Å². The highest BCUT2D eigenvalue weighted by Crippen LogP contribution is 2.22. The predicted octanol–water partition coefficient (Wildman–Crippen LogP) is 2.19. The maximum absolute atomic E-state index is 12.1. The number of amides is 2. The van der Waals surface area contributed by atoms with Crippen molar-refractivity contribution in [3.63, 3.8) is 0 Å². The highest BCUT2D eigenvalue weighted by molar-refractivity contribution is 6.02. The van der Waals surface area contributed by atoms with Crippen molar-refractivity contribution in [2.24, 2.45) is 0 Å². The Kier molecular flexibility index (Phi) is 5.71. The van der Waals surface area contributed by atoms with Crippen LogP contribution in [0, 0.1) is 0 Å². The molecule has 0 radical (unpaired) electrons. The first-order valence-corrected chi connectivity index (χ1v) is 7.63. The topological polar surface area (TPSA) is 52.7 Å². The van der Waals surface area contributed by atoms with Crippen molar-refractivity contribution < 1.29 is 9.59 Å².